The summed E-state index contributed by atoms with van der Waals surface area (Å²) in [6.45, 7) is 0. The zero-order valence-corrected chi connectivity index (χ0v) is 10.8. The molecule has 1 aliphatic carbocycles. The molecule has 1 aliphatic rings. The lowest BCUT2D eigenvalue weighted by Gasteiger charge is -2.21. The van der Waals surface area contributed by atoms with Crippen LogP contribution in [-0.2, 0) is 13.5 Å². The molecule has 0 amide bonds. The maximum atomic E-state index is 12.2. The van der Waals surface area contributed by atoms with Crippen LogP contribution < -0.4 is 5.56 Å². The minimum absolute atomic E-state index is 0.0488. The van der Waals surface area contributed by atoms with Gasteiger partial charge in [-0.1, -0.05) is 30.3 Å². The Hall–Kier alpha value is -2.16. The zero-order valence-electron chi connectivity index (χ0n) is 10.8. The third kappa shape index (κ3) is 1.91. The Morgan fingerprint density at radius 1 is 1.05 bits per heavy atom. The summed E-state index contributed by atoms with van der Waals surface area (Å²) in [7, 11) is 1.74. The number of nitrogens with zero attached hydrogens (tertiary/aromatic N) is 1. The monoisotopic (exact) mass is 253 g/mol. The minimum atomic E-state index is -0.0488. The van der Waals surface area contributed by atoms with Crippen LogP contribution in [0, 0.1) is 0 Å². The van der Waals surface area contributed by atoms with Crippen LogP contribution in [0.5, 0.6) is 0 Å². The number of fused-ring (bicyclic) bond motifs is 1. The molecular formula is C16H15NO2. The van der Waals surface area contributed by atoms with Crippen LogP contribution in [0.3, 0.4) is 0 Å². The van der Waals surface area contributed by atoms with Gasteiger partial charge in [-0.25, -0.2) is 0 Å². The molecule has 0 atom stereocenters. The molecule has 0 N–H and O–H groups in total. The summed E-state index contributed by atoms with van der Waals surface area (Å²) in [5.74, 6) is 0.149. The molecule has 0 unspecified atom stereocenters. The SMILES string of the molecule is Cn1c2c(c(-c3ccccc3)cc1=O)C(=O)CCC2. The predicted octanol–water partition coefficient (Wildman–Crippen LogP) is 2.57. The standard InChI is InChI=1S/C16H15NO2/c1-17-13-8-5-9-14(18)16(13)12(10-15(17)19)11-6-3-2-4-7-11/h2-4,6-7,10H,5,8-9H2,1H3. The number of hydrogen-bond acceptors (Lipinski definition) is 2. The van der Waals surface area contributed by atoms with Crippen molar-refractivity contribution >= 4 is 5.78 Å². The summed E-state index contributed by atoms with van der Waals surface area (Å²) < 4.78 is 1.61. The number of carbonyl (C=O) groups excluding carboxylic acids is 1. The Morgan fingerprint density at radius 3 is 2.53 bits per heavy atom. The largest absolute Gasteiger partial charge is 0.315 e. The van der Waals surface area contributed by atoms with Gasteiger partial charge in [0.05, 0.1) is 0 Å². The lowest BCUT2D eigenvalue weighted by atomic mass is 9.88. The normalized spacial score (nSPS) is 14.3. The molecule has 0 aliphatic heterocycles. The highest BCUT2D eigenvalue weighted by Crippen LogP contribution is 2.29. The van der Waals surface area contributed by atoms with E-state index in [0.29, 0.717) is 6.42 Å². The number of benzene rings is 1. The highest BCUT2D eigenvalue weighted by Gasteiger charge is 2.24. The molecule has 19 heavy (non-hydrogen) atoms. The van der Waals surface area contributed by atoms with Crippen molar-refractivity contribution in [3.63, 3.8) is 0 Å². The van der Waals surface area contributed by atoms with Gasteiger partial charge >= 0.3 is 0 Å². The van der Waals surface area contributed by atoms with E-state index < -0.39 is 0 Å². The van der Waals surface area contributed by atoms with Gasteiger partial charge in [0.1, 0.15) is 0 Å². The Kier molecular flexibility index (Phi) is 2.82. The molecular weight excluding hydrogens is 238 g/mol. The second-order valence-electron chi connectivity index (χ2n) is 4.92. The maximum Gasteiger partial charge on any atom is 0.251 e. The number of rotatable bonds is 1. The van der Waals surface area contributed by atoms with Gasteiger partial charge in [0.15, 0.2) is 5.78 Å². The number of carbonyl (C=O) groups is 1. The first kappa shape index (κ1) is 11.9. The molecule has 0 saturated carbocycles. The molecule has 3 heteroatoms. The maximum absolute atomic E-state index is 12.2. The van der Waals surface area contributed by atoms with E-state index in [1.54, 1.807) is 17.7 Å². The van der Waals surface area contributed by atoms with Crippen LogP contribution in [0.4, 0.5) is 0 Å². The Morgan fingerprint density at radius 2 is 1.79 bits per heavy atom. The quantitative estimate of drug-likeness (QED) is 0.783. The summed E-state index contributed by atoms with van der Waals surface area (Å²) in [5, 5.41) is 0. The van der Waals surface area contributed by atoms with Crippen molar-refractivity contribution in [1.29, 1.82) is 0 Å². The van der Waals surface area contributed by atoms with Gasteiger partial charge in [-0.2, -0.15) is 0 Å². The first-order chi connectivity index (χ1) is 9.18. The van der Waals surface area contributed by atoms with E-state index in [4.69, 9.17) is 0 Å². The molecule has 1 aromatic heterocycles. The van der Waals surface area contributed by atoms with Gasteiger partial charge < -0.3 is 4.57 Å². The Balaban J connectivity index is 2.34. The number of aromatic nitrogens is 1. The van der Waals surface area contributed by atoms with Gasteiger partial charge in [0, 0.05) is 30.8 Å². The van der Waals surface area contributed by atoms with Crippen molar-refractivity contribution in [3.8, 4) is 11.1 Å². The summed E-state index contributed by atoms with van der Waals surface area (Å²) >= 11 is 0. The summed E-state index contributed by atoms with van der Waals surface area (Å²) in [5.41, 5.74) is 3.28. The van der Waals surface area contributed by atoms with Crippen LogP contribution in [0.15, 0.2) is 41.2 Å². The second-order valence-corrected chi connectivity index (χ2v) is 4.92. The van der Waals surface area contributed by atoms with Crippen molar-refractivity contribution < 1.29 is 4.79 Å². The van der Waals surface area contributed by atoms with E-state index in [9.17, 15) is 9.59 Å². The lowest BCUT2D eigenvalue weighted by molar-refractivity contribution is 0.0971. The minimum Gasteiger partial charge on any atom is -0.315 e. The van der Waals surface area contributed by atoms with Gasteiger partial charge in [-0.3, -0.25) is 9.59 Å². The number of Topliss-reactive ketones (excluding diaryl/α,β-unsaturated/α-hetero) is 1. The van der Waals surface area contributed by atoms with Gasteiger partial charge in [-0.05, 0) is 24.0 Å². The molecule has 0 radical (unpaired) electrons. The number of ketones is 1. The zero-order chi connectivity index (χ0) is 13.4. The van der Waals surface area contributed by atoms with Crippen LogP contribution in [0.25, 0.3) is 11.1 Å². The molecule has 0 spiro atoms. The highest BCUT2D eigenvalue weighted by molar-refractivity contribution is 6.04. The molecule has 0 bridgehead atoms. The van der Waals surface area contributed by atoms with Crippen LogP contribution in [0.1, 0.15) is 28.9 Å². The van der Waals surface area contributed by atoms with Gasteiger partial charge in [0.25, 0.3) is 5.56 Å². The van der Waals surface area contributed by atoms with E-state index in [0.717, 1.165) is 35.2 Å². The number of pyridine rings is 1. The van der Waals surface area contributed by atoms with Crippen LogP contribution in [-0.4, -0.2) is 10.4 Å². The van der Waals surface area contributed by atoms with E-state index in [-0.39, 0.29) is 11.3 Å². The topological polar surface area (TPSA) is 39.1 Å². The Labute approximate surface area is 111 Å². The smallest absolute Gasteiger partial charge is 0.251 e. The van der Waals surface area contributed by atoms with E-state index in [1.807, 2.05) is 30.3 Å². The first-order valence-electron chi connectivity index (χ1n) is 6.50. The van der Waals surface area contributed by atoms with Crippen molar-refractivity contribution in [2.75, 3.05) is 0 Å². The van der Waals surface area contributed by atoms with E-state index >= 15 is 0 Å². The number of hydrogen-bond donors (Lipinski definition) is 0. The highest BCUT2D eigenvalue weighted by atomic mass is 16.1. The third-order valence-electron chi connectivity index (χ3n) is 3.74. The van der Waals surface area contributed by atoms with Crippen LogP contribution >= 0.6 is 0 Å². The van der Waals surface area contributed by atoms with Crippen molar-refractivity contribution in [2.24, 2.45) is 7.05 Å². The fourth-order valence-corrected chi connectivity index (χ4v) is 2.74. The molecule has 3 rings (SSSR count). The van der Waals surface area contributed by atoms with Gasteiger partial charge in [0.2, 0.25) is 0 Å². The van der Waals surface area contributed by atoms with Crippen molar-refractivity contribution in [2.45, 2.75) is 19.3 Å². The van der Waals surface area contributed by atoms with Gasteiger partial charge in [-0.15, -0.1) is 0 Å². The van der Waals surface area contributed by atoms with E-state index in [1.165, 1.54) is 0 Å². The van der Waals surface area contributed by atoms with Crippen LogP contribution in [0.2, 0.25) is 0 Å². The van der Waals surface area contributed by atoms with Crippen molar-refractivity contribution in [1.82, 2.24) is 4.57 Å². The summed E-state index contributed by atoms with van der Waals surface area (Å²) in [6, 6.07) is 11.2. The molecule has 2 aromatic rings. The second kappa shape index (κ2) is 4.50. The third-order valence-corrected chi connectivity index (χ3v) is 3.74. The average molecular weight is 253 g/mol. The molecule has 3 nitrogen and oxygen atoms in total. The fraction of sp³-hybridized carbons (Fsp3) is 0.250. The molecule has 1 aromatic carbocycles. The summed E-state index contributed by atoms with van der Waals surface area (Å²) in [4.78, 5) is 24.3. The molecule has 0 saturated heterocycles. The lowest BCUT2D eigenvalue weighted by Crippen LogP contribution is -2.26. The first-order valence-corrected chi connectivity index (χ1v) is 6.50. The van der Waals surface area contributed by atoms with Crippen molar-refractivity contribution in [3.05, 3.63) is 58.0 Å². The molecule has 1 heterocycles. The summed E-state index contributed by atoms with van der Waals surface area (Å²) in [6.07, 6.45) is 2.20. The van der Waals surface area contributed by atoms with E-state index in [2.05, 4.69) is 0 Å². The Bertz CT molecular complexity index is 699. The fourth-order valence-electron chi connectivity index (χ4n) is 2.74. The molecule has 96 valence electrons. The molecule has 0 fully saturated rings. The average Bonchev–Trinajstić information content (AvgIpc) is 2.44. The predicted molar refractivity (Wildman–Crippen MR) is 74.4 cm³/mol.